The van der Waals surface area contributed by atoms with Crippen LogP contribution in [0.15, 0.2) is 126 Å². The van der Waals surface area contributed by atoms with Crippen LogP contribution in [0.2, 0.25) is 0 Å². The number of carbonyl (C=O) groups excluding carboxylic acids is 6. The van der Waals surface area contributed by atoms with Crippen molar-refractivity contribution in [2.75, 3.05) is 5.33 Å². The molecule has 9 heterocycles. The molecule has 0 aliphatic rings. The van der Waals surface area contributed by atoms with Crippen LogP contribution in [-0.2, 0) is 25.5 Å². The topological polar surface area (TPSA) is 364 Å². The van der Waals surface area contributed by atoms with E-state index in [-0.39, 0.29) is 35.0 Å². The van der Waals surface area contributed by atoms with E-state index in [1.165, 1.54) is 52.5 Å². The second-order valence-electron chi connectivity index (χ2n) is 24.7. The van der Waals surface area contributed by atoms with Crippen molar-refractivity contribution in [3.63, 3.8) is 0 Å². The molecule has 0 bridgehead atoms. The van der Waals surface area contributed by atoms with Gasteiger partial charge in [-0.15, -0.1) is 22.7 Å². The normalized spacial score (nSPS) is 12.4. The third-order valence-electron chi connectivity index (χ3n) is 13.1. The lowest BCUT2D eigenvalue weighted by Crippen LogP contribution is -2.44. The maximum atomic E-state index is 13.5. The standard InChI is InChI=1S/C25H19F2N5O2S.C17H20N4O2S.C9H7BrN2O.C8H16N2O3.C8H16N2O2S/c1-14(24-31-21(13-35-24)18-11-29-22-16(18)4-2-8-28-22)30-23(33)17-5-3-9-32(25(17)34)12-15-6-7-19(26)20(27)10-15;1-10(20-16(22)23-17(2,3)4)15-21-13(9-24-15)12-8-19-14-11(12)6-5-7-18-14;10-4-8(13)7-5-12-9-6(7)2-1-3-11-9;1-5(6(9)11)10-7(12)13-8(2,3)4;1-5(6(9)13)10-7(11)12-8(2,3)4/h2-11,13-14H,12H2,1H3,(H,28,29)(H,30,33);5-10H,1-4H3,(H,18,19)(H,20,22);1-3,5H,4H2,(H,11,12);5H,1-4H3,(H2,9,11)(H,10,12);5H,1-4H3,(H2,9,13)(H,10,11)/t14-;10-;;2*5-/m11.11/s1. The lowest BCUT2D eigenvalue weighted by atomic mass is 10.2. The molecule has 0 fully saturated rings. The largest absolute Gasteiger partial charge is 0.444 e. The van der Waals surface area contributed by atoms with E-state index in [2.05, 4.69) is 89.3 Å². The van der Waals surface area contributed by atoms with Crippen LogP contribution in [0.4, 0.5) is 23.2 Å². The molecule has 0 unspecified atom stereocenters. The first kappa shape index (κ1) is 77.2. The first-order chi connectivity index (χ1) is 46.0. The number of Topliss-reactive ketones (excluding diaryl/α,β-unsaturated/α-hetero) is 1. The summed E-state index contributed by atoms with van der Waals surface area (Å²) < 4.78 is 43.2. The molecular formula is C67H78BrF2N15O10S3. The molecule has 0 radical (unpaired) electrons. The molecule has 0 aliphatic carbocycles. The average Bonchev–Trinajstić information content (AvgIpc) is 1.68. The summed E-state index contributed by atoms with van der Waals surface area (Å²) in [5.41, 5.74) is 15.1. The van der Waals surface area contributed by atoms with Crippen molar-refractivity contribution in [2.45, 2.75) is 138 Å². The fourth-order valence-corrected chi connectivity index (χ4v) is 10.5. The van der Waals surface area contributed by atoms with Gasteiger partial charge in [0.05, 0.1) is 46.4 Å². The van der Waals surface area contributed by atoms with Gasteiger partial charge in [0.25, 0.3) is 11.5 Å². The number of primary amides is 1. The maximum Gasteiger partial charge on any atom is 0.408 e. The molecule has 0 aliphatic heterocycles. The molecule has 4 atom stereocenters. The summed E-state index contributed by atoms with van der Waals surface area (Å²) in [6.45, 7) is 23.0. The number of rotatable bonds is 15. The highest BCUT2D eigenvalue weighted by Gasteiger charge is 2.24. The molecule has 0 saturated heterocycles. The number of hydrogen-bond acceptors (Lipinski definition) is 18. The van der Waals surface area contributed by atoms with E-state index in [0.29, 0.717) is 21.5 Å². The van der Waals surface area contributed by atoms with Crippen molar-refractivity contribution < 1.29 is 51.8 Å². The van der Waals surface area contributed by atoms with Crippen LogP contribution >= 0.6 is 50.8 Å². The first-order valence-corrected chi connectivity index (χ1v) is 33.6. The highest BCUT2D eigenvalue weighted by atomic mass is 79.9. The number of nitrogens with one attached hydrogen (secondary N) is 7. The van der Waals surface area contributed by atoms with Crippen LogP contribution in [0, 0.1) is 11.6 Å². The van der Waals surface area contributed by atoms with Gasteiger partial charge < -0.3 is 66.5 Å². The predicted molar refractivity (Wildman–Crippen MR) is 382 cm³/mol. The fourth-order valence-electron chi connectivity index (χ4n) is 8.48. The number of aromatic nitrogens is 9. The number of nitrogens with zero attached hydrogens (tertiary/aromatic N) is 6. The van der Waals surface area contributed by atoms with Crippen LogP contribution in [0.1, 0.15) is 138 Å². The molecule has 5 amide bonds. The van der Waals surface area contributed by atoms with Crippen LogP contribution in [0.5, 0.6) is 0 Å². The molecule has 0 saturated carbocycles. The highest BCUT2D eigenvalue weighted by Crippen LogP contribution is 2.32. The Balaban J connectivity index is 0.000000209. The van der Waals surface area contributed by atoms with Crippen LogP contribution in [-0.4, -0.2) is 120 Å². The molecule has 10 aromatic rings. The average molecular weight is 1470 g/mol. The Morgan fingerprint density at radius 2 is 1.05 bits per heavy atom. The van der Waals surface area contributed by atoms with E-state index >= 15 is 0 Å². The van der Waals surface area contributed by atoms with Gasteiger partial charge in [-0.1, -0.05) is 34.2 Å². The number of nitrogens with two attached hydrogens (primary N) is 2. The Hall–Kier alpha value is -9.85. The van der Waals surface area contributed by atoms with E-state index in [1.807, 2.05) is 87.2 Å². The molecule has 31 heteroatoms. The number of alkyl carbamates (subject to hydrolysis) is 3. The van der Waals surface area contributed by atoms with E-state index in [4.69, 9.17) is 25.7 Å². The van der Waals surface area contributed by atoms with E-state index in [1.54, 1.807) is 86.2 Å². The molecule has 98 heavy (non-hydrogen) atoms. The Kier molecular flexibility index (Phi) is 27.1. The summed E-state index contributed by atoms with van der Waals surface area (Å²) in [7, 11) is 0. The number of pyridine rings is 4. The Morgan fingerprint density at radius 3 is 1.51 bits per heavy atom. The Labute approximate surface area is 585 Å². The predicted octanol–water partition coefficient (Wildman–Crippen LogP) is 12.6. The second kappa shape index (κ2) is 34.4. The smallest absolute Gasteiger partial charge is 0.408 e. The van der Waals surface area contributed by atoms with Crippen molar-refractivity contribution >= 4 is 125 Å². The zero-order valence-corrected chi connectivity index (χ0v) is 60.1. The lowest BCUT2D eigenvalue weighted by Gasteiger charge is -2.21. The van der Waals surface area contributed by atoms with E-state index in [0.717, 1.165) is 72.8 Å². The number of carbonyl (C=O) groups is 6. The van der Waals surface area contributed by atoms with Crippen molar-refractivity contribution in [3.8, 4) is 22.5 Å². The number of hydrogen-bond donors (Lipinski definition) is 9. The maximum absolute atomic E-state index is 13.5. The number of aromatic amines is 3. The third-order valence-corrected chi connectivity index (χ3v) is 16.0. The molecule has 9 aromatic heterocycles. The SMILES string of the molecule is C[C@@H](NC(=O)OC(C)(C)C)C(N)=O.C[C@@H](NC(=O)OC(C)(C)C)C(N)=S.C[C@@H](NC(=O)OC(C)(C)C)c1nc(-c2c[nH]c3ncccc23)cs1.C[C@@H](NC(=O)c1cccn(Cc2ccc(F)c(F)c2)c1=O)c1nc(-c2c[nH]c3ncccc23)cs1.O=C(CBr)c1c[nH]c2ncccc12. The van der Waals surface area contributed by atoms with E-state index < -0.39 is 76.2 Å². The number of alkyl halides is 1. The van der Waals surface area contributed by atoms with Crippen molar-refractivity contribution in [3.05, 3.63) is 170 Å². The van der Waals surface area contributed by atoms with Gasteiger partial charge in [-0.3, -0.25) is 19.2 Å². The van der Waals surface area contributed by atoms with Crippen molar-refractivity contribution in [1.82, 2.24) is 65.7 Å². The number of thiocarbonyl (C=S) groups is 1. The fraction of sp³-hybridized carbons (Fsp3) is 0.328. The van der Waals surface area contributed by atoms with Gasteiger partial charge in [0.15, 0.2) is 17.4 Å². The van der Waals surface area contributed by atoms with Gasteiger partial charge in [-0.25, -0.2) is 48.1 Å². The number of ketones is 1. The summed E-state index contributed by atoms with van der Waals surface area (Å²) in [4.78, 5) is 113. The minimum absolute atomic E-state index is 0.00201. The van der Waals surface area contributed by atoms with Gasteiger partial charge in [0.1, 0.15) is 55.4 Å². The Morgan fingerprint density at radius 1 is 0.602 bits per heavy atom. The number of fused-ring (bicyclic) bond motifs is 3. The Bertz CT molecular complexity index is 4440. The molecular weight excluding hydrogens is 1390 g/mol. The second-order valence-corrected chi connectivity index (χ2v) is 27.5. The molecule has 11 N–H and O–H groups in total. The number of benzene rings is 1. The van der Waals surface area contributed by atoms with Crippen LogP contribution < -0.4 is 38.3 Å². The number of halogens is 3. The minimum Gasteiger partial charge on any atom is -0.444 e. The lowest BCUT2D eigenvalue weighted by molar-refractivity contribution is -0.119. The summed E-state index contributed by atoms with van der Waals surface area (Å²) in [5.74, 6) is -3.03. The van der Waals surface area contributed by atoms with E-state index in [9.17, 15) is 42.3 Å². The zero-order chi connectivity index (χ0) is 72.4. The molecule has 520 valence electrons. The van der Waals surface area contributed by atoms with Gasteiger partial charge in [0.2, 0.25) is 5.91 Å². The van der Waals surface area contributed by atoms with Crippen molar-refractivity contribution in [2.24, 2.45) is 11.5 Å². The monoisotopic (exact) mass is 1470 g/mol. The van der Waals surface area contributed by atoms with Crippen LogP contribution in [0.25, 0.3) is 55.6 Å². The van der Waals surface area contributed by atoms with Crippen molar-refractivity contribution in [1.29, 1.82) is 0 Å². The molecule has 0 spiro atoms. The first-order valence-electron chi connectivity index (χ1n) is 30.3. The van der Waals surface area contributed by atoms with Gasteiger partial charge in [0, 0.05) is 87.0 Å². The molecule has 1 aromatic carbocycles. The minimum atomic E-state index is -0.995. The highest BCUT2D eigenvalue weighted by molar-refractivity contribution is 9.09. The number of H-pyrrole nitrogens is 3. The van der Waals surface area contributed by atoms with Gasteiger partial charge in [-0.2, -0.15) is 0 Å². The third kappa shape index (κ3) is 23.2. The summed E-state index contributed by atoms with van der Waals surface area (Å²) in [5, 5.41) is 19.1. The summed E-state index contributed by atoms with van der Waals surface area (Å²) in [6, 6.07) is 16.1. The number of amides is 5. The summed E-state index contributed by atoms with van der Waals surface area (Å²) in [6.07, 6.45) is 10.5. The quantitative estimate of drug-likeness (QED) is 0.0199. The number of thiazole rings is 2. The molecule has 10 rings (SSSR count). The van der Waals surface area contributed by atoms with Gasteiger partial charge >= 0.3 is 18.3 Å². The summed E-state index contributed by atoms with van der Waals surface area (Å²) >= 11 is 10.7. The molecule has 25 nitrogen and oxygen atoms in total. The van der Waals surface area contributed by atoms with Crippen LogP contribution in [0.3, 0.4) is 0 Å². The zero-order valence-electron chi connectivity index (χ0n) is 56.0. The number of ether oxygens (including phenoxy) is 3. The van der Waals surface area contributed by atoms with Gasteiger partial charge in [-0.05, 0) is 156 Å².